The van der Waals surface area contributed by atoms with Crippen LogP contribution in [0.3, 0.4) is 0 Å². The molecule has 0 aliphatic carbocycles. The van der Waals surface area contributed by atoms with E-state index >= 15 is 0 Å². The van der Waals surface area contributed by atoms with Crippen molar-refractivity contribution in [1.82, 2.24) is 9.62 Å². The van der Waals surface area contributed by atoms with Crippen LogP contribution >= 0.6 is 0 Å². The van der Waals surface area contributed by atoms with Gasteiger partial charge in [-0.15, -0.1) is 0 Å². The van der Waals surface area contributed by atoms with Crippen molar-refractivity contribution in [3.8, 4) is 5.75 Å². The Labute approximate surface area is 153 Å². The molecule has 1 atom stereocenters. The topological polar surface area (TPSA) is 58.6 Å². The molecular formula is C19H23FN2O3S. The van der Waals surface area contributed by atoms with Crippen molar-refractivity contribution in [3.63, 3.8) is 0 Å². The van der Waals surface area contributed by atoms with Crippen LogP contribution in [0, 0.1) is 5.82 Å². The first-order valence-corrected chi connectivity index (χ1v) is 10.1. The second kappa shape index (κ2) is 8.16. The van der Waals surface area contributed by atoms with Gasteiger partial charge in [0.25, 0.3) is 0 Å². The minimum Gasteiger partial charge on any atom is -0.489 e. The van der Waals surface area contributed by atoms with Crippen LogP contribution in [0.15, 0.2) is 53.4 Å². The Balaban J connectivity index is 1.45. The molecule has 0 aromatic heterocycles. The molecule has 0 bridgehead atoms. The Morgan fingerprint density at radius 2 is 1.92 bits per heavy atom. The van der Waals surface area contributed by atoms with Gasteiger partial charge in [0.05, 0.1) is 4.90 Å². The smallest absolute Gasteiger partial charge is 0.242 e. The summed E-state index contributed by atoms with van der Waals surface area (Å²) in [7, 11) is -2.08. The normalized spacial score (nSPS) is 17.0. The monoisotopic (exact) mass is 378 g/mol. The van der Waals surface area contributed by atoms with Crippen molar-refractivity contribution in [1.29, 1.82) is 0 Å². The van der Waals surface area contributed by atoms with Gasteiger partial charge < -0.3 is 10.1 Å². The predicted molar refractivity (Wildman–Crippen MR) is 98.3 cm³/mol. The molecule has 0 spiro atoms. The average molecular weight is 378 g/mol. The first-order chi connectivity index (χ1) is 12.5. The summed E-state index contributed by atoms with van der Waals surface area (Å²) in [6.07, 6.45) is 2.01. The van der Waals surface area contributed by atoms with Gasteiger partial charge >= 0.3 is 0 Å². The summed E-state index contributed by atoms with van der Waals surface area (Å²) in [6, 6.07) is 12.9. The number of sulfonamides is 1. The molecule has 1 aliphatic rings. The van der Waals surface area contributed by atoms with Gasteiger partial charge in [-0.3, -0.25) is 0 Å². The highest BCUT2D eigenvalue weighted by Gasteiger charge is 2.21. The molecule has 0 fully saturated rings. The molecule has 2 aromatic rings. The molecule has 3 rings (SSSR count). The summed E-state index contributed by atoms with van der Waals surface area (Å²) in [5, 5.41) is 3.26. The van der Waals surface area contributed by atoms with Crippen LogP contribution in [-0.2, 0) is 16.4 Å². The lowest BCUT2D eigenvalue weighted by molar-refractivity contribution is 0.170. The average Bonchev–Trinajstić information content (AvgIpc) is 2.65. The fourth-order valence-corrected chi connectivity index (χ4v) is 4.10. The first-order valence-electron chi connectivity index (χ1n) is 8.64. The number of nitrogens with zero attached hydrogens (tertiary/aromatic N) is 1. The lowest BCUT2D eigenvalue weighted by Gasteiger charge is -2.26. The third kappa shape index (κ3) is 4.41. The van der Waals surface area contributed by atoms with Crippen LogP contribution in [0.4, 0.5) is 4.39 Å². The van der Waals surface area contributed by atoms with E-state index < -0.39 is 15.8 Å². The van der Waals surface area contributed by atoms with Crippen molar-refractivity contribution >= 4 is 10.0 Å². The standard InChI is InChI=1S/C19H23FN2O3S/c1-22(26(23,24)18-10-7-16(20)8-11-18)13-12-21-14-17-9-6-15-4-2-3-5-19(15)25-17/h2-5,7-8,10-11,17,21H,6,9,12-14H2,1H3. The third-order valence-electron chi connectivity index (χ3n) is 4.50. The zero-order valence-electron chi connectivity index (χ0n) is 14.7. The van der Waals surface area contributed by atoms with E-state index in [0.29, 0.717) is 19.6 Å². The van der Waals surface area contributed by atoms with Gasteiger partial charge in [0, 0.05) is 26.7 Å². The summed E-state index contributed by atoms with van der Waals surface area (Å²) in [4.78, 5) is 0.0913. The van der Waals surface area contributed by atoms with Crippen LogP contribution in [0.1, 0.15) is 12.0 Å². The molecule has 7 heteroatoms. The van der Waals surface area contributed by atoms with E-state index in [0.717, 1.165) is 30.7 Å². The van der Waals surface area contributed by atoms with E-state index in [9.17, 15) is 12.8 Å². The molecule has 0 radical (unpaired) electrons. The number of hydrogen-bond donors (Lipinski definition) is 1. The van der Waals surface area contributed by atoms with Crippen LogP contribution in [0.2, 0.25) is 0 Å². The third-order valence-corrected chi connectivity index (χ3v) is 6.37. The van der Waals surface area contributed by atoms with E-state index in [1.165, 1.54) is 29.0 Å². The van der Waals surface area contributed by atoms with E-state index in [1.807, 2.05) is 18.2 Å². The lowest BCUT2D eigenvalue weighted by atomic mass is 10.0. The van der Waals surface area contributed by atoms with Gasteiger partial charge in [-0.05, 0) is 48.7 Å². The summed E-state index contributed by atoms with van der Waals surface area (Å²) in [5.41, 5.74) is 1.23. The zero-order chi connectivity index (χ0) is 18.6. The van der Waals surface area contributed by atoms with Gasteiger partial charge in [-0.2, -0.15) is 4.31 Å². The van der Waals surface area contributed by atoms with Crippen molar-refractivity contribution < 1.29 is 17.5 Å². The van der Waals surface area contributed by atoms with Crippen LogP contribution in [0.5, 0.6) is 5.75 Å². The number of para-hydroxylation sites is 1. The van der Waals surface area contributed by atoms with Gasteiger partial charge in [0.15, 0.2) is 0 Å². The number of benzene rings is 2. The molecule has 0 saturated carbocycles. The van der Waals surface area contributed by atoms with Gasteiger partial charge in [0.2, 0.25) is 10.0 Å². The van der Waals surface area contributed by atoms with Gasteiger partial charge in [-0.25, -0.2) is 12.8 Å². The molecule has 26 heavy (non-hydrogen) atoms. The quantitative estimate of drug-likeness (QED) is 0.752. The maximum atomic E-state index is 13.0. The fraction of sp³-hybridized carbons (Fsp3) is 0.368. The van der Waals surface area contributed by atoms with Gasteiger partial charge in [0.1, 0.15) is 17.7 Å². The number of rotatable bonds is 7. The van der Waals surface area contributed by atoms with E-state index in [1.54, 1.807) is 0 Å². The van der Waals surface area contributed by atoms with Crippen LogP contribution in [0.25, 0.3) is 0 Å². The first kappa shape index (κ1) is 18.8. The predicted octanol–water partition coefficient (Wildman–Crippen LogP) is 2.43. The Morgan fingerprint density at radius 3 is 2.69 bits per heavy atom. The Hall–Kier alpha value is -1.96. The highest BCUT2D eigenvalue weighted by molar-refractivity contribution is 7.89. The van der Waals surface area contributed by atoms with Crippen LogP contribution in [-0.4, -0.2) is 45.5 Å². The molecule has 1 heterocycles. The van der Waals surface area contributed by atoms with E-state index in [2.05, 4.69) is 11.4 Å². The number of hydrogen-bond acceptors (Lipinski definition) is 4. The second-order valence-corrected chi connectivity index (χ2v) is 8.42. The molecule has 2 aromatic carbocycles. The molecule has 1 N–H and O–H groups in total. The van der Waals surface area contributed by atoms with E-state index in [4.69, 9.17) is 4.74 Å². The van der Waals surface area contributed by atoms with Gasteiger partial charge in [-0.1, -0.05) is 18.2 Å². The number of likely N-dealkylation sites (N-methyl/N-ethyl adjacent to an activating group) is 1. The molecule has 1 unspecified atom stereocenters. The summed E-state index contributed by atoms with van der Waals surface area (Å²) in [5.74, 6) is 0.476. The van der Waals surface area contributed by atoms with Crippen LogP contribution < -0.4 is 10.1 Å². The highest BCUT2D eigenvalue weighted by Crippen LogP contribution is 2.26. The minimum atomic E-state index is -3.61. The molecule has 140 valence electrons. The molecule has 5 nitrogen and oxygen atoms in total. The summed E-state index contributed by atoms with van der Waals surface area (Å²) in [6.45, 7) is 1.50. The number of nitrogens with one attached hydrogen (secondary N) is 1. The Morgan fingerprint density at radius 1 is 1.19 bits per heavy atom. The number of aryl methyl sites for hydroxylation is 1. The minimum absolute atomic E-state index is 0.0870. The summed E-state index contributed by atoms with van der Waals surface area (Å²) < 4.78 is 45.0. The van der Waals surface area contributed by atoms with E-state index in [-0.39, 0.29) is 11.0 Å². The summed E-state index contributed by atoms with van der Waals surface area (Å²) >= 11 is 0. The lowest BCUT2D eigenvalue weighted by Crippen LogP contribution is -2.39. The Bertz CT molecular complexity index is 840. The highest BCUT2D eigenvalue weighted by atomic mass is 32.2. The maximum absolute atomic E-state index is 13.0. The second-order valence-electron chi connectivity index (χ2n) is 6.37. The number of halogens is 1. The van der Waals surface area contributed by atoms with Crippen molar-refractivity contribution in [2.45, 2.75) is 23.8 Å². The van der Waals surface area contributed by atoms with Crippen molar-refractivity contribution in [3.05, 3.63) is 59.9 Å². The number of fused-ring (bicyclic) bond motifs is 1. The SMILES string of the molecule is CN(CCNCC1CCc2ccccc2O1)S(=O)(=O)c1ccc(F)cc1. The van der Waals surface area contributed by atoms with Crippen molar-refractivity contribution in [2.24, 2.45) is 0 Å². The zero-order valence-corrected chi connectivity index (χ0v) is 15.5. The molecular weight excluding hydrogens is 355 g/mol. The molecule has 1 aliphatic heterocycles. The fourth-order valence-electron chi connectivity index (χ4n) is 2.93. The number of ether oxygens (including phenoxy) is 1. The molecule has 0 saturated heterocycles. The molecule has 0 amide bonds. The maximum Gasteiger partial charge on any atom is 0.242 e. The largest absolute Gasteiger partial charge is 0.489 e. The van der Waals surface area contributed by atoms with Crippen molar-refractivity contribution in [2.75, 3.05) is 26.7 Å². The Kier molecular flexibility index (Phi) is 5.90.